The second-order valence-electron chi connectivity index (χ2n) is 7.60. The number of fused-ring (bicyclic) bond motifs is 1. The highest BCUT2D eigenvalue weighted by molar-refractivity contribution is 6.02. The summed E-state index contributed by atoms with van der Waals surface area (Å²) in [6, 6.07) is 11.1. The van der Waals surface area contributed by atoms with Crippen LogP contribution in [0.25, 0.3) is 0 Å². The van der Waals surface area contributed by atoms with E-state index >= 15 is 0 Å². The maximum Gasteiger partial charge on any atom is 0.276 e. The van der Waals surface area contributed by atoms with Crippen molar-refractivity contribution in [3.8, 4) is 0 Å². The normalized spacial score (nSPS) is 18.4. The van der Waals surface area contributed by atoms with Gasteiger partial charge in [0.15, 0.2) is 5.69 Å². The predicted octanol–water partition coefficient (Wildman–Crippen LogP) is 2.35. The monoisotopic (exact) mass is 381 g/mol. The number of nitrogens with zero attached hydrogens (tertiary/aromatic N) is 4. The molecule has 1 atom stereocenters. The summed E-state index contributed by atoms with van der Waals surface area (Å²) in [4.78, 5) is 29.7. The Morgan fingerprint density at radius 2 is 1.79 bits per heavy atom. The van der Waals surface area contributed by atoms with Crippen molar-refractivity contribution in [3.63, 3.8) is 0 Å². The average molecular weight is 381 g/mol. The number of nitrogens with one attached hydrogen (secondary N) is 1. The molecule has 2 aromatic rings. The number of carbonyl (C=O) groups is 2. The smallest absolute Gasteiger partial charge is 0.276 e. The van der Waals surface area contributed by atoms with Gasteiger partial charge in [-0.2, -0.15) is 5.10 Å². The third kappa shape index (κ3) is 3.94. The van der Waals surface area contributed by atoms with Crippen LogP contribution in [0.3, 0.4) is 0 Å². The van der Waals surface area contributed by atoms with Gasteiger partial charge in [0.1, 0.15) is 0 Å². The summed E-state index contributed by atoms with van der Waals surface area (Å²) in [6.07, 6.45) is 3.18. The van der Waals surface area contributed by atoms with E-state index in [1.165, 1.54) is 12.8 Å². The van der Waals surface area contributed by atoms with Crippen LogP contribution in [0.5, 0.6) is 0 Å². The molecule has 7 heteroatoms. The predicted molar refractivity (Wildman–Crippen MR) is 107 cm³/mol. The number of amides is 2. The molecule has 1 N–H and O–H groups in total. The van der Waals surface area contributed by atoms with E-state index < -0.39 is 0 Å². The van der Waals surface area contributed by atoms with Gasteiger partial charge in [0.25, 0.3) is 5.91 Å². The molecule has 1 aromatic heterocycles. The molecule has 1 fully saturated rings. The Labute approximate surface area is 165 Å². The number of para-hydroxylation sites is 1. The molecule has 4 rings (SSSR count). The molecule has 0 spiro atoms. The van der Waals surface area contributed by atoms with Gasteiger partial charge >= 0.3 is 0 Å². The molecular formula is C21H27N5O2. The molecule has 3 heterocycles. The first kappa shape index (κ1) is 18.7. The maximum atomic E-state index is 13.0. The van der Waals surface area contributed by atoms with Crippen LogP contribution in [0.15, 0.2) is 36.4 Å². The van der Waals surface area contributed by atoms with Crippen LogP contribution in [0.1, 0.15) is 42.4 Å². The van der Waals surface area contributed by atoms with E-state index in [0.29, 0.717) is 12.2 Å². The van der Waals surface area contributed by atoms with Gasteiger partial charge in [0, 0.05) is 18.8 Å². The van der Waals surface area contributed by atoms with Crippen LogP contribution in [-0.4, -0.2) is 57.1 Å². The minimum absolute atomic E-state index is 0.0854. The summed E-state index contributed by atoms with van der Waals surface area (Å²) in [5.41, 5.74) is 2.05. The van der Waals surface area contributed by atoms with Crippen LogP contribution in [-0.2, 0) is 17.9 Å². The van der Waals surface area contributed by atoms with Crippen molar-refractivity contribution in [1.29, 1.82) is 0 Å². The number of anilines is 1. The highest BCUT2D eigenvalue weighted by Gasteiger charge is 2.29. The highest BCUT2D eigenvalue weighted by Crippen LogP contribution is 2.19. The van der Waals surface area contributed by atoms with Crippen molar-refractivity contribution in [2.45, 2.75) is 45.3 Å². The Morgan fingerprint density at radius 3 is 2.54 bits per heavy atom. The van der Waals surface area contributed by atoms with E-state index in [-0.39, 0.29) is 17.9 Å². The second kappa shape index (κ2) is 8.14. The summed E-state index contributed by atoms with van der Waals surface area (Å²) >= 11 is 0. The molecule has 2 aliphatic heterocycles. The summed E-state index contributed by atoms with van der Waals surface area (Å²) in [7, 11) is 0. The van der Waals surface area contributed by atoms with Gasteiger partial charge in [-0.05, 0) is 57.5 Å². The first-order chi connectivity index (χ1) is 13.6. The molecule has 28 heavy (non-hydrogen) atoms. The molecule has 0 saturated carbocycles. The van der Waals surface area contributed by atoms with Crippen molar-refractivity contribution in [2.24, 2.45) is 0 Å². The van der Waals surface area contributed by atoms with Gasteiger partial charge < -0.3 is 10.2 Å². The fourth-order valence-electron chi connectivity index (χ4n) is 4.03. The Bertz CT molecular complexity index is 842. The van der Waals surface area contributed by atoms with E-state index in [4.69, 9.17) is 0 Å². The standard InChI is InChI=1S/C21H27N5O2/c1-16(24-10-5-6-11-24)21(28)25-12-7-13-26-18(15-25)14-19(23-26)20(27)22-17-8-3-2-4-9-17/h2-4,8-9,14,16H,5-7,10-13,15H2,1H3,(H,22,27)/t16-/m1/s1. The lowest BCUT2D eigenvalue weighted by Crippen LogP contribution is -2.45. The van der Waals surface area contributed by atoms with Gasteiger partial charge in [-0.3, -0.25) is 19.2 Å². The summed E-state index contributed by atoms with van der Waals surface area (Å²) in [6.45, 7) is 5.96. The molecule has 0 bridgehead atoms. The molecule has 0 radical (unpaired) electrons. The summed E-state index contributed by atoms with van der Waals surface area (Å²) in [5, 5.41) is 7.35. The van der Waals surface area contributed by atoms with Crippen molar-refractivity contribution in [1.82, 2.24) is 19.6 Å². The van der Waals surface area contributed by atoms with E-state index in [1.54, 1.807) is 0 Å². The van der Waals surface area contributed by atoms with Crippen molar-refractivity contribution >= 4 is 17.5 Å². The molecular weight excluding hydrogens is 354 g/mol. The van der Waals surface area contributed by atoms with Gasteiger partial charge in [-0.15, -0.1) is 0 Å². The van der Waals surface area contributed by atoms with Crippen LogP contribution < -0.4 is 5.32 Å². The van der Waals surface area contributed by atoms with Gasteiger partial charge in [0.05, 0.1) is 18.3 Å². The first-order valence-electron chi connectivity index (χ1n) is 10.1. The van der Waals surface area contributed by atoms with Gasteiger partial charge in [-0.25, -0.2) is 0 Å². The third-order valence-electron chi connectivity index (χ3n) is 5.64. The highest BCUT2D eigenvalue weighted by atomic mass is 16.2. The van der Waals surface area contributed by atoms with Crippen LogP contribution >= 0.6 is 0 Å². The average Bonchev–Trinajstić information content (AvgIpc) is 3.34. The van der Waals surface area contributed by atoms with E-state index in [1.807, 2.05) is 52.9 Å². The quantitative estimate of drug-likeness (QED) is 0.883. The molecule has 148 valence electrons. The molecule has 1 saturated heterocycles. The van der Waals surface area contributed by atoms with Gasteiger partial charge in [0.2, 0.25) is 5.91 Å². The minimum atomic E-state index is -0.227. The number of carbonyl (C=O) groups excluding carboxylic acids is 2. The summed E-state index contributed by atoms with van der Waals surface area (Å²) < 4.78 is 1.87. The van der Waals surface area contributed by atoms with Crippen molar-refractivity contribution < 1.29 is 9.59 Å². The van der Waals surface area contributed by atoms with Crippen LogP contribution in [0.2, 0.25) is 0 Å². The van der Waals surface area contributed by atoms with Crippen LogP contribution in [0, 0.1) is 0 Å². The number of rotatable bonds is 4. The number of aryl methyl sites for hydroxylation is 1. The Hall–Kier alpha value is -2.67. The van der Waals surface area contributed by atoms with E-state index in [0.717, 1.165) is 44.0 Å². The van der Waals surface area contributed by atoms with E-state index in [9.17, 15) is 9.59 Å². The van der Waals surface area contributed by atoms with Gasteiger partial charge in [-0.1, -0.05) is 18.2 Å². The second-order valence-corrected chi connectivity index (χ2v) is 7.60. The Balaban J connectivity index is 1.46. The van der Waals surface area contributed by atoms with Crippen molar-refractivity contribution in [2.75, 3.05) is 25.0 Å². The van der Waals surface area contributed by atoms with Crippen LogP contribution in [0.4, 0.5) is 5.69 Å². The lowest BCUT2D eigenvalue weighted by Gasteiger charge is -2.29. The Kier molecular flexibility index (Phi) is 5.43. The topological polar surface area (TPSA) is 70.5 Å². The molecule has 0 aliphatic carbocycles. The molecule has 7 nitrogen and oxygen atoms in total. The third-order valence-corrected chi connectivity index (χ3v) is 5.64. The number of hydrogen-bond donors (Lipinski definition) is 1. The summed E-state index contributed by atoms with van der Waals surface area (Å²) in [5.74, 6) is -0.0538. The SMILES string of the molecule is C[C@H](C(=O)N1CCCn2nc(C(=O)Nc3ccccc3)cc2C1)N1CCCC1. The van der Waals surface area contributed by atoms with Crippen molar-refractivity contribution in [3.05, 3.63) is 47.8 Å². The Morgan fingerprint density at radius 1 is 1.04 bits per heavy atom. The number of benzene rings is 1. The largest absolute Gasteiger partial charge is 0.335 e. The molecule has 0 unspecified atom stereocenters. The maximum absolute atomic E-state index is 13.0. The number of hydrogen-bond acceptors (Lipinski definition) is 4. The molecule has 2 aliphatic rings. The lowest BCUT2D eigenvalue weighted by atomic mass is 10.2. The first-order valence-corrected chi connectivity index (χ1v) is 10.1. The fourth-order valence-corrected chi connectivity index (χ4v) is 4.03. The zero-order chi connectivity index (χ0) is 19.5. The zero-order valence-corrected chi connectivity index (χ0v) is 16.3. The zero-order valence-electron chi connectivity index (χ0n) is 16.3. The number of aromatic nitrogens is 2. The minimum Gasteiger partial charge on any atom is -0.335 e. The van der Waals surface area contributed by atoms with E-state index in [2.05, 4.69) is 15.3 Å². The lowest BCUT2D eigenvalue weighted by molar-refractivity contribution is -0.136. The fraction of sp³-hybridized carbons (Fsp3) is 0.476. The molecule has 2 amide bonds. The number of likely N-dealkylation sites (tertiary alicyclic amines) is 1. The molecule has 1 aromatic carbocycles.